The van der Waals surface area contributed by atoms with E-state index in [2.05, 4.69) is 45.3 Å². The smallest absolute Gasteiger partial charge is 0.240 e. The van der Waals surface area contributed by atoms with Crippen LogP contribution in [0.4, 0.5) is 0 Å². The molecule has 1 fully saturated rings. The molecule has 1 aliphatic heterocycles. The van der Waals surface area contributed by atoms with Gasteiger partial charge in [-0.15, -0.1) is 0 Å². The third kappa shape index (κ3) is 11.6. The van der Waals surface area contributed by atoms with Crippen molar-refractivity contribution >= 4 is 5.91 Å². The van der Waals surface area contributed by atoms with Crippen LogP contribution in [0.5, 0.6) is 0 Å². The van der Waals surface area contributed by atoms with Crippen LogP contribution in [0, 0.1) is 5.41 Å². The average molecular weight is 679 g/mol. The third-order valence-electron chi connectivity index (χ3n) is 8.75. The van der Waals surface area contributed by atoms with Crippen LogP contribution < -0.4 is 10.6 Å². The van der Waals surface area contributed by atoms with E-state index in [4.69, 9.17) is 18.9 Å². The van der Waals surface area contributed by atoms with Crippen molar-refractivity contribution in [1.82, 2.24) is 10.6 Å². The fraction of sp³-hybridized carbons (Fsp3) is 0.419. The molecule has 1 amide bonds. The first-order valence-corrected chi connectivity index (χ1v) is 17.7. The Kier molecular flexibility index (Phi) is 13.4. The van der Waals surface area contributed by atoms with Gasteiger partial charge in [0.05, 0.1) is 39.1 Å². The van der Waals surface area contributed by atoms with E-state index >= 15 is 0 Å². The van der Waals surface area contributed by atoms with Gasteiger partial charge in [-0.3, -0.25) is 10.1 Å². The van der Waals surface area contributed by atoms with Crippen LogP contribution >= 0.6 is 0 Å². The Balaban J connectivity index is 1.49. The van der Waals surface area contributed by atoms with Crippen LogP contribution in [0.3, 0.4) is 0 Å². The zero-order chi connectivity index (χ0) is 35.4. The lowest BCUT2D eigenvalue weighted by molar-refractivity contribution is -0.196. The summed E-state index contributed by atoms with van der Waals surface area (Å²) in [5, 5.41) is 7.02. The normalized spacial score (nSPS) is 21.1. The van der Waals surface area contributed by atoms with Crippen molar-refractivity contribution in [3.63, 3.8) is 0 Å². The molecule has 0 saturated carbocycles. The second-order valence-corrected chi connectivity index (χ2v) is 15.1. The van der Waals surface area contributed by atoms with Gasteiger partial charge in [0.2, 0.25) is 5.91 Å². The molecule has 0 bridgehead atoms. The Morgan fingerprint density at radius 3 is 1.42 bits per heavy atom. The van der Waals surface area contributed by atoms with Gasteiger partial charge in [0.1, 0.15) is 24.4 Å². The van der Waals surface area contributed by atoms with Gasteiger partial charge in [-0.25, -0.2) is 0 Å². The highest BCUT2D eigenvalue weighted by molar-refractivity contribution is 5.83. The molecule has 1 saturated heterocycles. The van der Waals surface area contributed by atoms with Crippen molar-refractivity contribution < 1.29 is 23.7 Å². The van der Waals surface area contributed by atoms with Crippen molar-refractivity contribution in [3.05, 3.63) is 144 Å². The zero-order valence-electron chi connectivity index (χ0n) is 30.2. The van der Waals surface area contributed by atoms with Crippen LogP contribution in [0.2, 0.25) is 0 Å². The lowest BCUT2D eigenvalue weighted by atomic mass is 9.81. The molecule has 266 valence electrons. The van der Waals surface area contributed by atoms with Gasteiger partial charge in [0.15, 0.2) is 0 Å². The monoisotopic (exact) mass is 678 g/mol. The number of rotatable bonds is 16. The Hall–Kier alpha value is -3.85. The minimum absolute atomic E-state index is 0.0193. The predicted octanol–water partition coefficient (Wildman–Crippen LogP) is 7.63. The summed E-state index contributed by atoms with van der Waals surface area (Å²) in [6.07, 6.45) is -0.970. The highest BCUT2D eigenvalue weighted by atomic mass is 16.6. The molecular weight excluding hydrogens is 624 g/mol. The summed E-state index contributed by atoms with van der Waals surface area (Å²) in [7, 11) is 0. The van der Waals surface area contributed by atoms with Crippen molar-refractivity contribution in [2.24, 2.45) is 5.41 Å². The van der Waals surface area contributed by atoms with Crippen LogP contribution in [-0.2, 0) is 50.2 Å². The fourth-order valence-corrected chi connectivity index (χ4v) is 6.94. The number of hydrogen-bond donors (Lipinski definition) is 2. The quantitative estimate of drug-likeness (QED) is 0.127. The molecule has 7 heteroatoms. The minimum Gasteiger partial charge on any atom is -0.375 e. The molecule has 0 unspecified atom stereocenters. The van der Waals surface area contributed by atoms with Gasteiger partial charge in [-0.1, -0.05) is 142 Å². The molecule has 4 aromatic rings. The van der Waals surface area contributed by atoms with E-state index in [0.717, 1.165) is 28.7 Å². The van der Waals surface area contributed by atoms with Gasteiger partial charge >= 0.3 is 0 Å². The molecule has 0 spiro atoms. The number of ether oxygens (including phenoxy) is 4. The molecule has 50 heavy (non-hydrogen) atoms. The second-order valence-electron chi connectivity index (χ2n) is 15.1. The van der Waals surface area contributed by atoms with Gasteiger partial charge in [0.25, 0.3) is 0 Å². The van der Waals surface area contributed by atoms with Gasteiger partial charge in [-0.2, -0.15) is 0 Å². The fourth-order valence-electron chi connectivity index (χ4n) is 6.94. The Morgan fingerprint density at radius 1 is 0.580 bits per heavy atom. The molecule has 0 aliphatic carbocycles. The molecule has 7 nitrogen and oxygen atoms in total. The SMILES string of the molecule is CC(C)(C)CC(C)(C)NC(=O)[C@H]1N[C@@H](COCc2ccccc2)[C@@H](OCc2ccccc2)[C@H](OCc2ccccc2)[C@H]1OCc1ccccc1. The highest BCUT2D eigenvalue weighted by Crippen LogP contribution is 2.30. The number of benzene rings is 4. The topological polar surface area (TPSA) is 78.1 Å². The maximum absolute atomic E-state index is 14.5. The number of nitrogens with one attached hydrogen (secondary N) is 2. The lowest BCUT2D eigenvalue weighted by Crippen LogP contribution is -2.71. The number of hydrogen-bond acceptors (Lipinski definition) is 6. The van der Waals surface area contributed by atoms with Crippen LogP contribution in [0.25, 0.3) is 0 Å². The summed E-state index contributed by atoms with van der Waals surface area (Å²) in [4.78, 5) is 14.5. The first kappa shape index (κ1) is 37.4. The van der Waals surface area contributed by atoms with Crippen LogP contribution in [-0.4, -0.2) is 48.4 Å². The molecule has 5 rings (SSSR count). The van der Waals surface area contributed by atoms with E-state index in [9.17, 15) is 4.79 Å². The summed E-state index contributed by atoms with van der Waals surface area (Å²) in [5.41, 5.74) is 3.72. The molecule has 1 aliphatic rings. The zero-order valence-corrected chi connectivity index (χ0v) is 30.2. The maximum atomic E-state index is 14.5. The van der Waals surface area contributed by atoms with E-state index in [1.807, 2.05) is 121 Å². The Labute approximate surface area is 298 Å². The van der Waals surface area contributed by atoms with Crippen molar-refractivity contribution in [2.75, 3.05) is 6.61 Å². The van der Waals surface area contributed by atoms with Crippen molar-refractivity contribution in [2.45, 2.75) is 103 Å². The first-order chi connectivity index (χ1) is 24.1. The van der Waals surface area contributed by atoms with Crippen LogP contribution in [0.1, 0.15) is 63.3 Å². The number of piperidine rings is 1. The van der Waals surface area contributed by atoms with E-state index in [1.54, 1.807) is 0 Å². The van der Waals surface area contributed by atoms with Crippen molar-refractivity contribution in [3.8, 4) is 0 Å². The van der Waals surface area contributed by atoms with Crippen molar-refractivity contribution in [1.29, 1.82) is 0 Å². The van der Waals surface area contributed by atoms with E-state index in [0.29, 0.717) is 33.0 Å². The summed E-state index contributed by atoms with van der Waals surface area (Å²) in [5.74, 6) is -0.139. The van der Waals surface area contributed by atoms with Gasteiger partial charge in [0, 0.05) is 5.54 Å². The standard InChI is InChI=1S/C43H54N2O5/c1-42(2,3)31-43(4,5)45-41(46)37-39(49-28-34-22-14-8-15-23-34)40(50-29-35-24-16-9-17-25-35)38(48-27-33-20-12-7-13-21-33)36(44-37)30-47-26-32-18-10-6-11-19-32/h6-25,36-40,44H,26-31H2,1-5H3,(H,45,46)/t36-,37-,38+,39-,40-/m0/s1. The largest absolute Gasteiger partial charge is 0.375 e. The first-order valence-electron chi connectivity index (χ1n) is 17.7. The lowest BCUT2D eigenvalue weighted by Gasteiger charge is -2.47. The van der Waals surface area contributed by atoms with E-state index < -0.39 is 29.9 Å². The molecule has 2 N–H and O–H groups in total. The summed E-state index contributed by atoms with van der Waals surface area (Å²) in [6.45, 7) is 12.5. The molecule has 0 radical (unpaired) electrons. The van der Waals surface area contributed by atoms with Gasteiger partial charge in [-0.05, 0) is 47.9 Å². The third-order valence-corrected chi connectivity index (χ3v) is 8.75. The summed E-state index contributed by atoms with van der Waals surface area (Å²) < 4.78 is 26.7. The van der Waals surface area contributed by atoms with E-state index in [1.165, 1.54) is 0 Å². The summed E-state index contributed by atoms with van der Waals surface area (Å²) >= 11 is 0. The summed E-state index contributed by atoms with van der Waals surface area (Å²) in [6, 6.07) is 39.2. The number of carbonyl (C=O) groups is 1. The molecule has 5 atom stereocenters. The maximum Gasteiger partial charge on any atom is 0.240 e. The van der Waals surface area contributed by atoms with Crippen LogP contribution in [0.15, 0.2) is 121 Å². The Morgan fingerprint density at radius 2 is 0.980 bits per heavy atom. The number of carbonyl (C=O) groups excluding carboxylic acids is 1. The minimum atomic E-state index is -0.736. The molecular formula is C43H54N2O5. The van der Waals surface area contributed by atoms with Gasteiger partial charge < -0.3 is 24.3 Å². The number of amides is 1. The molecule has 1 heterocycles. The predicted molar refractivity (Wildman–Crippen MR) is 198 cm³/mol. The average Bonchev–Trinajstić information content (AvgIpc) is 3.09. The second kappa shape index (κ2) is 17.9. The highest BCUT2D eigenvalue weighted by Gasteiger charge is 2.50. The molecule has 0 aromatic heterocycles. The van der Waals surface area contributed by atoms with E-state index in [-0.39, 0.29) is 17.4 Å². The Bertz CT molecular complexity index is 1560. The molecule has 4 aromatic carbocycles.